The van der Waals surface area contributed by atoms with E-state index in [2.05, 4.69) is 32.2 Å². The van der Waals surface area contributed by atoms with Gasteiger partial charge >= 0.3 is 0 Å². The third-order valence-electron chi connectivity index (χ3n) is 3.81. The molecule has 0 fully saturated rings. The molecule has 1 amide bonds. The predicted molar refractivity (Wildman–Crippen MR) is 97.3 cm³/mol. The van der Waals surface area contributed by atoms with Crippen molar-refractivity contribution < 1.29 is 9.53 Å². The van der Waals surface area contributed by atoms with E-state index >= 15 is 0 Å². The second-order valence-electron chi connectivity index (χ2n) is 6.78. The summed E-state index contributed by atoms with van der Waals surface area (Å²) < 4.78 is 5.73. The normalized spacial score (nSPS) is 11.2. The van der Waals surface area contributed by atoms with Gasteiger partial charge in [-0.05, 0) is 40.8 Å². The summed E-state index contributed by atoms with van der Waals surface area (Å²) in [5, 5.41) is 2.86. The molecular formula is C20H26N2O2. The summed E-state index contributed by atoms with van der Waals surface area (Å²) in [6.07, 6.45) is 0. The Balaban J connectivity index is 1.81. The van der Waals surface area contributed by atoms with Gasteiger partial charge in [0.05, 0.1) is 6.54 Å². The Morgan fingerprint density at radius 1 is 1.12 bits per heavy atom. The van der Waals surface area contributed by atoms with Gasteiger partial charge in [0.25, 0.3) is 5.91 Å². The summed E-state index contributed by atoms with van der Waals surface area (Å²) in [5.41, 5.74) is 8.50. The van der Waals surface area contributed by atoms with Crippen LogP contribution in [0, 0.1) is 0 Å². The van der Waals surface area contributed by atoms with E-state index in [1.54, 1.807) is 12.1 Å². The zero-order chi connectivity index (χ0) is 17.6. The van der Waals surface area contributed by atoms with Crippen molar-refractivity contribution in [2.45, 2.75) is 32.7 Å². The number of benzene rings is 2. The molecule has 0 bridgehead atoms. The van der Waals surface area contributed by atoms with Crippen molar-refractivity contribution in [3.05, 3.63) is 65.2 Å². The molecule has 0 aliphatic carbocycles. The van der Waals surface area contributed by atoms with E-state index in [1.807, 2.05) is 30.3 Å². The van der Waals surface area contributed by atoms with Crippen LogP contribution in [0.5, 0.6) is 5.75 Å². The maximum atomic E-state index is 12.0. The predicted octanol–water partition coefficient (Wildman–Crippen LogP) is 3.25. The van der Waals surface area contributed by atoms with Crippen LogP contribution in [0.15, 0.2) is 48.5 Å². The van der Waals surface area contributed by atoms with Crippen LogP contribution in [0.2, 0.25) is 0 Å². The van der Waals surface area contributed by atoms with Crippen LogP contribution in [-0.4, -0.2) is 19.1 Å². The van der Waals surface area contributed by atoms with E-state index in [0.717, 1.165) is 11.3 Å². The van der Waals surface area contributed by atoms with Crippen molar-refractivity contribution in [3.63, 3.8) is 0 Å². The largest absolute Gasteiger partial charge is 0.492 e. The first-order chi connectivity index (χ1) is 11.4. The Kier molecular flexibility index (Phi) is 5.99. The van der Waals surface area contributed by atoms with Gasteiger partial charge in [-0.25, -0.2) is 0 Å². The fourth-order valence-electron chi connectivity index (χ4n) is 2.28. The van der Waals surface area contributed by atoms with Crippen molar-refractivity contribution in [1.29, 1.82) is 0 Å². The molecule has 128 valence electrons. The Hall–Kier alpha value is -2.33. The summed E-state index contributed by atoms with van der Waals surface area (Å²) in [4.78, 5) is 12.0. The summed E-state index contributed by atoms with van der Waals surface area (Å²) in [7, 11) is 0. The molecule has 3 N–H and O–H groups in total. The number of carbonyl (C=O) groups is 1. The van der Waals surface area contributed by atoms with Crippen LogP contribution in [0.25, 0.3) is 0 Å². The lowest BCUT2D eigenvalue weighted by atomic mass is 9.87. The third kappa shape index (κ3) is 5.10. The summed E-state index contributed by atoms with van der Waals surface area (Å²) >= 11 is 0. The summed E-state index contributed by atoms with van der Waals surface area (Å²) in [6, 6.07) is 15.4. The molecule has 24 heavy (non-hydrogen) atoms. The third-order valence-corrected chi connectivity index (χ3v) is 3.81. The second-order valence-corrected chi connectivity index (χ2v) is 6.78. The number of rotatable bonds is 6. The molecule has 0 atom stereocenters. The van der Waals surface area contributed by atoms with Gasteiger partial charge in [0.15, 0.2) is 0 Å². The van der Waals surface area contributed by atoms with Crippen LogP contribution in [0.4, 0.5) is 0 Å². The minimum atomic E-state index is -0.106. The molecule has 2 aromatic rings. The van der Waals surface area contributed by atoms with Crippen molar-refractivity contribution in [2.24, 2.45) is 5.73 Å². The monoisotopic (exact) mass is 326 g/mol. The van der Waals surface area contributed by atoms with Crippen molar-refractivity contribution in [3.8, 4) is 5.75 Å². The molecule has 0 saturated carbocycles. The van der Waals surface area contributed by atoms with Gasteiger partial charge in [-0.1, -0.05) is 45.0 Å². The first kappa shape index (κ1) is 18.0. The quantitative estimate of drug-likeness (QED) is 0.801. The number of hydrogen-bond acceptors (Lipinski definition) is 3. The average Bonchev–Trinajstić information content (AvgIpc) is 2.58. The molecule has 2 aromatic carbocycles. The number of ether oxygens (including phenoxy) is 1. The standard InChI is InChI=1S/C20H26N2O2/c1-20(2,3)17-5-4-6-18(13-17)24-12-11-22-19(23)16-9-7-15(14-21)8-10-16/h4-10,13H,11-12,14,21H2,1-3H3,(H,22,23). The molecule has 0 spiro atoms. The van der Waals surface area contributed by atoms with E-state index in [-0.39, 0.29) is 11.3 Å². The molecule has 0 radical (unpaired) electrons. The highest BCUT2D eigenvalue weighted by Crippen LogP contribution is 2.25. The molecule has 4 nitrogen and oxygen atoms in total. The van der Waals surface area contributed by atoms with Crippen LogP contribution in [-0.2, 0) is 12.0 Å². The van der Waals surface area contributed by atoms with Crippen LogP contribution >= 0.6 is 0 Å². The van der Waals surface area contributed by atoms with Crippen LogP contribution < -0.4 is 15.8 Å². The minimum absolute atomic E-state index is 0.0866. The Morgan fingerprint density at radius 2 is 1.83 bits per heavy atom. The van der Waals surface area contributed by atoms with Gasteiger partial charge < -0.3 is 15.8 Å². The second kappa shape index (κ2) is 7.97. The van der Waals surface area contributed by atoms with Gasteiger partial charge in [-0.15, -0.1) is 0 Å². The van der Waals surface area contributed by atoms with E-state index in [1.165, 1.54) is 5.56 Å². The molecule has 0 aliphatic rings. The first-order valence-corrected chi connectivity index (χ1v) is 8.21. The molecule has 0 saturated heterocycles. The lowest BCUT2D eigenvalue weighted by molar-refractivity contribution is 0.0947. The average molecular weight is 326 g/mol. The van der Waals surface area contributed by atoms with Crippen molar-refractivity contribution in [1.82, 2.24) is 5.32 Å². The number of nitrogens with two attached hydrogens (primary N) is 1. The van der Waals surface area contributed by atoms with Gasteiger partial charge in [-0.3, -0.25) is 4.79 Å². The Labute approximate surface area is 144 Å². The number of amides is 1. The molecule has 4 heteroatoms. The van der Waals surface area contributed by atoms with Crippen LogP contribution in [0.3, 0.4) is 0 Å². The van der Waals surface area contributed by atoms with E-state index in [9.17, 15) is 4.79 Å². The van der Waals surface area contributed by atoms with E-state index in [4.69, 9.17) is 10.5 Å². The van der Waals surface area contributed by atoms with Gasteiger partial charge in [0, 0.05) is 12.1 Å². The molecule has 0 aromatic heterocycles. The zero-order valence-electron chi connectivity index (χ0n) is 14.6. The highest BCUT2D eigenvalue weighted by Gasteiger charge is 2.13. The summed E-state index contributed by atoms with van der Waals surface area (Å²) in [5.74, 6) is 0.717. The Morgan fingerprint density at radius 3 is 2.46 bits per heavy atom. The molecule has 0 unspecified atom stereocenters. The lowest BCUT2D eigenvalue weighted by Gasteiger charge is -2.19. The maximum Gasteiger partial charge on any atom is 0.251 e. The smallest absolute Gasteiger partial charge is 0.251 e. The summed E-state index contributed by atoms with van der Waals surface area (Å²) in [6.45, 7) is 7.87. The highest BCUT2D eigenvalue weighted by atomic mass is 16.5. The minimum Gasteiger partial charge on any atom is -0.492 e. The molecule has 0 heterocycles. The molecule has 2 rings (SSSR count). The fourth-order valence-corrected chi connectivity index (χ4v) is 2.28. The fraction of sp³-hybridized carbons (Fsp3) is 0.350. The number of nitrogens with one attached hydrogen (secondary N) is 1. The maximum absolute atomic E-state index is 12.0. The highest BCUT2D eigenvalue weighted by molar-refractivity contribution is 5.94. The van der Waals surface area contributed by atoms with Gasteiger partial charge in [-0.2, -0.15) is 0 Å². The van der Waals surface area contributed by atoms with E-state index in [0.29, 0.717) is 25.3 Å². The van der Waals surface area contributed by atoms with E-state index < -0.39 is 0 Å². The topological polar surface area (TPSA) is 64.3 Å². The SMILES string of the molecule is CC(C)(C)c1cccc(OCCNC(=O)c2ccc(CN)cc2)c1. The molecular weight excluding hydrogens is 300 g/mol. The van der Waals surface area contributed by atoms with Crippen molar-refractivity contribution in [2.75, 3.05) is 13.2 Å². The van der Waals surface area contributed by atoms with Gasteiger partial charge in [0.1, 0.15) is 12.4 Å². The number of hydrogen-bond donors (Lipinski definition) is 2. The number of carbonyl (C=O) groups excluding carboxylic acids is 1. The molecule has 0 aliphatic heterocycles. The Bertz CT molecular complexity index is 673. The lowest BCUT2D eigenvalue weighted by Crippen LogP contribution is -2.28. The van der Waals surface area contributed by atoms with Gasteiger partial charge in [0.2, 0.25) is 0 Å². The zero-order valence-corrected chi connectivity index (χ0v) is 14.6. The first-order valence-electron chi connectivity index (χ1n) is 8.21. The van der Waals surface area contributed by atoms with Crippen molar-refractivity contribution >= 4 is 5.91 Å². The van der Waals surface area contributed by atoms with Crippen LogP contribution in [0.1, 0.15) is 42.3 Å².